The number of guanidine groups is 1. The summed E-state index contributed by atoms with van der Waals surface area (Å²) in [6.45, 7) is 3.94. The fourth-order valence-corrected chi connectivity index (χ4v) is 3.61. The second-order valence-electron chi connectivity index (χ2n) is 6.65. The predicted octanol–water partition coefficient (Wildman–Crippen LogP) is 2.13. The van der Waals surface area contributed by atoms with Crippen LogP contribution in [-0.4, -0.2) is 54.9 Å². The monoisotopic (exact) mass is 362 g/mol. The maximum Gasteiger partial charge on any atom is 0.191 e. The van der Waals surface area contributed by atoms with Gasteiger partial charge in [0, 0.05) is 43.8 Å². The van der Waals surface area contributed by atoms with Crippen molar-refractivity contribution in [3.63, 3.8) is 0 Å². The fraction of sp³-hybridized carbons (Fsp3) is 0.556. The summed E-state index contributed by atoms with van der Waals surface area (Å²) >= 11 is 1.82. The second-order valence-corrected chi connectivity index (χ2v) is 7.68. The molecule has 0 aromatic carbocycles. The van der Waals surface area contributed by atoms with Gasteiger partial charge in [0.1, 0.15) is 0 Å². The van der Waals surface area contributed by atoms with Gasteiger partial charge in [0.15, 0.2) is 5.96 Å². The Morgan fingerprint density at radius 3 is 2.68 bits per heavy atom. The topological polar surface area (TPSA) is 57.5 Å². The lowest BCUT2D eigenvalue weighted by atomic mass is 10.1. The number of aliphatic imine (C=N–C) groups is 1. The summed E-state index contributed by atoms with van der Waals surface area (Å²) in [5.41, 5.74) is 1.20. The minimum Gasteiger partial charge on any atom is -0.356 e. The van der Waals surface area contributed by atoms with E-state index in [1.54, 1.807) is 0 Å². The SMILES string of the molecule is CN=C(NCC(C)Cc1cccs1)NCC(c1cnn(C)c1)N(C)C. The number of aromatic nitrogens is 2. The molecule has 2 rings (SSSR count). The van der Waals surface area contributed by atoms with Crippen molar-refractivity contribution in [2.24, 2.45) is 18.0 Å². The van der Waals surface area contributed by atoms with Crippen LogP contribution in [0.1, 0.15) is 23.4 Å². The molecule has 0 spiro atoms. The molecule has 0 aliphatic rings. The van der Waals surface area contributed by atoms with Gasteiger partial charge in [0.05, 0.1) is 12.2 Å². The largest absolute Gasteiger partial charge is 0.356 e. The quantitative estimate of drug-likeness (QED) is 0.558. The molecule has 6 nitrogen and oxygen atoms in total. The van der Waals surface area contributed by atoms with Gasteiger partial charge in [-0.2, -0.15) is 5.10 Å². The standard InChI is InChI=1S/C18H30N6S/c1-14(9-16-7-6-8-25-16)10-20-18(19-2)21-12-17(23(3)4)15-11-22-24(5)13-15/h6-8,11,13-14,17H,9-10,12H2,1-5H3,(H2,19,20,21). The molecule has 2 aromatic rings. The van der Waals surface area contributed by atoms with E-state index in [1.807, 2.05) is 36.3 Å². The average Bonchev–Trinajstić information content (AvgIpc) is 3.22. The highest BCUT2D eigenvalue weighted by molar-refractivity contribution is 7.09. The number of hydrogen-bond donors (Lipinski definition) is 2. The lowest BCUT2D eigenvalue weighted by molar-refractivity contribution is 0.298. The number of nitrogens with one attached hydrogen (secondary N) is 2. The van der Waals surface area contributed by atoms with Crippen molar-refractivity contribution in [1.29, 1.82) is 0 Å². The minimum atomic E-state index is 0.246. The average molecular weight is 363 g/mol. The molecule has 25 heavy (non-hydrogen) atoms. The number of thiophene rings is 1. The number of rotatable bonds is 8. The van der Waals surface area contributed by atoms with E-state index < -0.39 is 0 Å². The van der Waals surface area contributed by atoms with Gasteiger partial charge >= 0.3 is 0 Å². The normalized spacial score (nSPS) is 14.6. The summed E-state index contributed by atoms with van der Waals surface area (Å²) in [5, 5.41) is 13.3. The van der Waals surface area contributed by atoms with Gasteiger partial charge in [0.2, 0.25) is 0 Å². The van der Waals surface area contributed by atoms with Gasteiger partial charge in [-0.15, -0.1) is 11.3 Å². The van der Waals surface area contributed by atoms with Gasteiger partial charge in [-0.3, -0.25) is 9.67 Å². The molecule has 0 aliphatic carbocycles. The van der Waals surface area contributed by atoms with Gasteiger partial charge in [-0.25, -0.2) is 0 Å². The van der Waals surface area contributed by atoms with E-state index in [9.17, 15) is 0 Å². The molecule has 0 amide bonds. The lowest BCUT2D eigenvalue weighted by Gasteiger charge is -2.25. The van der Waals surface area contributed by atoms with Crippen LogP contribution in [0, 0.1) is 5.92 Å². The molecule has 138 valence electrons. The highest BCUT2D eigenvalue weighted by atomic mass is 32.1. The van der Waals surface area contributed by atoms with Crippen molar-refractivity contribution >= 4 is 17.3 Å². The zero-order valence-electron chi connectivity index (χ0n) is 15.9. The summed E-state index contributed by atoms with van der Waals surface area (Å²) in [6.07, 6.45) is 5.08. The molecular weight excluding hydrogens is 332 g/mol. The van der Waals surface area contributed by atoms with Crippen molar-refractivity contribution in [2.75, 3.05) is 34.2 Å². The van der Waals surface area contributed by atoms with Crippen LogP contribution in [0.3, 0.4) is 0 Å². The molecule has 7 heteroatoms. The van der Waals surface area contributed by atoms with Crippen LogP contribution in [0.2, 0.25) is 0 Å². The zero-order valence-corrected chi connectivity index (χ0v) is 16.7. The summed E-state index contributed by atoms with van der Waals surface area (Å²) in [6, 6.07) is 4.56. The molecule has 2 N–H and O–H groups in total. The first kappa shape index (κ1) is 19.5. The van der Waals surface area contributed by atoms with E-state index in [4.69, 9.17) is 0 Å². The van der Waals surface area contributed by atoms with Crippen molar-refractivity contribution in [3.8, 4) is 0 Å². The van der Waals surface area contributed by atoms with E-state index in [2.05, 4.69) is 70.4 Å². The van der Waals surface area contributed by atoms with Crippen LogP contribution < -0.4 is 10.6 Å². The van der Waals surface area contributed by atoms with Crippen molar-refractivity contribution in [2.45, 2.75) is 19.4 Å². The molecule has 0 saturated heterocycles. The molecular formula is C18H30N6S. The molecule has 0 bridgehead atoms. The molecule has 2 aromatic heterocycles. The fourth-order valence-electron chi connectivity index (χ4n) is 2.74. The Hall–Kier alpha value is -1.86. The van der Waals surface area contributed by atoms with E-state index in [-0.39, 0.29) is 6.04 Å². The first-order valence-electron chi connectivity index (χ1n) is 8.61. The number of hydrogen-bond acceptors (Lipinski definition) is 4. The Kier molecular flexibility index (Phi) is 7.46. The van der Waals surface area contributed by atoms with Crippen LogP contribution in [0.25, 0.3) is 0 Å². The second kappa shape index (κ2) is 9.58. The van der Waals surface area contributed by atoms with Gasteiger partial charge in [0.25, 0.3) is 0 Å². The van der Waals surface area contributed by atoms with Gasteiger partial charge in [-0.05, 0) is 37.9 Å². The lowest BCUT2D eigenvalue weighted by Crippen LogP contribution is -2.43. The van der Waals surface area contributed by atoms with Crippen LogP contribution in [0.15, 0.2) is 34.9 Å². The smallest absolute Gasteiger partial charge is 0.191 e. The third-order valence-electron chi connectivity index (χ3n) is 4.17. The first-order valence-corrected chi connectivity index (χ1v) is 9.49. The Balaban J connectivity index is 1.82. The summed E-state index contributed by atoms with van der Waals surface area (Å²) in [5.74, 6) is 1.40. The van der Waals surface area contributed by atoms with Crippen molar-refractivity contribution in [3.05, 3.63) is 40.3 Å². The molecule has 0 saturated carbocycles. The molecule has 2 heterocycles. The Morgan fingerprint density at radius 1 is 1.36 bits per heavy atom. The maximum atomic E-state index is 4.34. The molecule has 2 atom stereocenters. The third-order valence-corrected chi connectivity index (χ3v) is 5.07. The minimum absolute atomic E-state index is 0.246. The van der Waals surface area contributed by atoms with Crippen LogP contribution in [-0.2, 0) is 13.5 Å². The number of aryl methyl sites for hydroxylation is 1. The van der Waals surface area contributed by atoms with Crippen LogP contribution in [0.5, 0.6) is 0 Å². The first-order chi connectivity index (χ1) is 12.0. The molecule has 2 unspecified atom stereocenters. The van der Waals surface area contributed by atoms with E-state index in [0.717, 1.165) is 25.5 Å². The van der Waals surface area contributed by atoms with Crippen LogP contribution in [0.4, 0.5) is 0 Å². The Labute approximate surface area is 155 Å². The van der Waals surface area contributed by atoms with Crippen molar-refractivity contribution in [1.82, 2.24) is 25.3 Å². The highest BCUT2D eigenvalue weighted by Crippen LogP contribution is 2.16. The molecule has 0 radical (unpaired) electrons. The number of likely N-dealkylation sites (N-methyl/N-ethyl adjacent to an activating group) is 1. The Bertz CT molecular complexity index is 646. The highest BCUT2D eigenvalue weighted by Gasteiger charge is 2.16. The summed E-state index contributed by atoms with van der Waals surface area (Å²) in [7, 11) is 7.92. The zero-order chi connectivity index (χ0) is 18.2. The third kappa shape index (κ3) is 6.17. The molecule has 0 aliphatic heterocycles. The van der Waals surface area contributed by atoms with Gasteiger partial charge < -0.3 is 15.5 Å². The van der Waals surface area contributed by atoms with Crippen molar-refractivity contribution < 1.29 is 0 Å². The van der Waals surface area contributed by atoms with Crippen LogP contribution >= 0.6 is 11.3 Å². The van der Waals surface area contributed by atoms with E-state index >= 15 is 0 Å². The summed E-state index contributed by atoms with van der Waals surface area (Å²) in [4.78, 5) is 7.97. The summed E-state index contributed by atoms with van der Waals surface area (Å²) < 4.78 is 1.84. The predicted molar refractivity (Wildman–Crippen MR) is 106 cm³/mol. The van der Waals surface area contributed by atoms with E-state index in [0.29, 0.717) is 5.92 Å². The maximum absolute atomic E-state index is 4.34. The van der Waals surface area contributed by atoms with Gasteiger partial charge in [-0.1, -0.05) is 13.0 Å². The Morgan fingerprint density at radius 2 is 2.12 bits per heavy atom. The molecule has 0 fully saturated rings. The van der Waals surface area contributed by atoms with E-state index in [1.165, 1.54) is 10.4 Å². The number of nitrogens with zero attached hydrogens (tertiary/aromatic N) is 4.